The highest BCUT2D eigenvalue weighted by Crippen LogP contribution is 2.60. The van der Waals surface area contributed by atoms with E-state index in [1.54, 1.807) is 7.11 Å². The molecule has 2 fully saturated rings. The van der Waals surface area contributed by atoms with Crippen LogP contribution in [-0.2, 0) is 44.2 Å². The number of nitrogens with zero attached hydrogens (tertiary/aromatic N) is 3. The summed E-state index contributed by atoms with van der Waals surface area (Å²) in [6.07, 6.45) is 2.65. The molecular formula is C45H51N3O6Si. The number of carbonyl (C=O) groups is 3. The minimum absolute atomic E-state index is 0.0739. The summed E-state index contributed by atoms with van der Waals surface area (Å²) in [5, 5.41) is 11.7. The first kappa shape index (κ1) is 37.2. The van der Waals surface area contributed by atoms with Crippen molar-refractivity contribution in [3.05, 3.63) is 119 Å². The van der Waals surface area contributed by atoms with Gasteiger partial charge < -0.3 is 29.3 Å². The Morgan fingerprint density at radius 3 is 2.35 bits per heavy atom. The van der Waals surface area contributed by atoms with E-state index in [4.69, 9.17) is 9.47 Å². The number of rotatable bonds is 9. The molecule has 8 rings (SSSR count). The van der Waals surface area contributed by atoms with E-state index in [9.17, 15) is 14.7 Å². The van der Waals surface area contributed by atoms with Crippen molar-refractivity contribution in [3.8, 4) is 5.75 Å². The van der Waals surface area contributed by atoms with Gasteiger partial charge in [-0.3, -0.25) is 14.4 Å². The van der Waals surface area contributed by atoms with Crippen molar-refractivity contribution in [1.29, 1.82) is 0 Å². The van der Waals surface area contributed by atoms with Gasteiger partial charge in [-0.1, -0.05) is 91.9 Å². The molecule has 0 bridgehead atoms. The van der Waals surface area contributed by atoms with Crippen molar-refractivity contribution in [2.24, 2.45) is 5.92 Å². The van der Waals surface area contributed by atoms with Gasteiger partial charge in [-0.05, 0) is 71.8 Å². The van der Waals surface area contributed by atoms with E-state index in [-0.39, 0.29) is 48.3 Å². The summed E-state index contributed by atoms with van der Waals surface area (Å²) in [6.45, 7) is 8.16. The van der Waals surface area contributed by atoms with Crippen LogP contribution in [0.25, 0.3) is 0 Å². The van der Waals surface area contributed by atoms with E-state index in [1.807, 2.05) is 87.5 Å². The van der Waals surface area contributed by atoms with Crippen LogP contribution < -0.4 is 19.7 Å². The van der Waals surface area contributed by atoms with Crippen LogP contribution in [0.2, 0.25) is 18.6 Å². The lowest BCUT2D eigenvalue weighted by Gasteiger charge is -2.39. The molecule has 0 aromatic heterocycles. The number of ether oxygens (including phenoxy) is 2. The average molecular weight is 758 g/mol. The van der Waals surface area contributed by atoms with Crippen LogP contribution in [0, 0.1) is 5.92 Å². The van der Waals surface area contributed by atoms with Crippen molar-refractivity contribution >= 4 is 42.4 Å². The zero-order valence-corrected chi connectivity index (χ0v) is 33.2. The third kappa shape index (κ3) is 6.38. The Labute approximate surface area is 324 Å². The maximum Gasteiger partial charge on any atom is 0.264 e. The van der Waals surface area contributed by atoms with E-state index >= 15 is 4.79 Å². The topological polar surface area (TPSA) is 99.6 Å². The first-order valence-electron chi connectivity index (χ1n) is 19.7. The summed E-state index contributed by atoms with van der Waals surface area (Å²) in [5.74, 6) is 0.485. The molecule has 4 aliphatic rings. The van der Waals surface area contributed by atoms with Crippen LogP contribution >= 0.6 is 0 Å². The zero-order valence-electron chi connectivity index (χ0n) is 32.2. The van der Waals surface area contributed by atoms with Crippen molar-refractivity contribution in [2.45, 2.75) is 88.5 Å². The fourth-order valence-electron chi connectivity index (χ4n) is 10.00. The smallest absolute Gasteiger partial charge is 0.264 e. The summed E-state index contributed by atoms with van der Waals surface area (Å²) in [6, 6.07) is 31.9. The molecule has 1 spiro atoms. The standard InChI is InChI=1S/C45H51N3O6Si/c1-30-43(55(3,4)37-22-20-36(53-2)21-23-37)40(26-42(51)47-28-33-12-6-5-11-32(33)25-35(47)29-49)54-45(30)38-13-7-8-14-39(38)48(44(45)52)27-31-16-18-34(19-17-31)46-24-10-9-15-41(46)50/h5-8,11-14,16-23,30,35,40,43,49H,9-10,15,24-29H2,1-4H3/t30-,35+,40+,43-,45+/m1/s1. The fraction of sp³-hybridized carbons (Fsp3) is 0.400. The first-order valence-corrected chi connectivity index (χ1v) is 22.7. The lowest BCUT2D eigenvalue weighted by atomic mass is 9.82. The normalized spacial score (nSPS) is 25.0. The number of aliphatic hydroxyl groups excluding tert-OH is 1. The van der Waals surface area contributed by atoms with Gasteiger partial charge >= 0.3 is 0 Å². The van der Waals surface area contributed by atoms with Crippen LogP contribution in [0.3, 0.4) is 0 Å². The van der Waals surface area contributed by atoms with Crippen LogP contribution in [-0.4, -0.2) is 68.2 Å². The lowest BCUT2D eigenvalue weighted by molar-refractivity contribution is -0.151. The van der Waals surface area contributed by atoms with Crippen molar-refractivity contribution < 1.29 is 29.0 Å². The third-order valence-corrected chi connectivity index (χ3v) is 17.3. The highest BCUT2D eigenvalue weighted by Gasteiger charge is 2.66. The highest BCUT2D eigenvalue weighted by atomic mass is 28.3. The van der Waals surface area contributed by atoms with Gasteiger partial charge in [0.2, 0.25) is 11.8 Å². The number of amides is 3. The molecule has 9 nitrogen and oxygen atoms in total. The number of fused-ring (bicyclic) bond motifs is 3. The summed E-state index contributed by atoms with van der Waals surface area (Å²) < 4.78 is 12.8. The molecule has 0 unspecified atom stereocenters. The van der Waals surface area contributed by atoms with E-state index in [2.05, 4.69) is 44.3 Å². The monoisotopic (exact) mass is 757 g/mol. The highest BCUT2D eigenvalue weighted by molar-refractivity contribution is 6.91. The summed E-state index contributed by atoms with van der Waals surface area (Å²) >= 11 is 0. The van der Waals surface area contributed by atoms with Crippen LogP contribution in [0.4, 0.5) is 11.4 Å². The average Bonchev–Trinajstić information content (AvgIpc) is 3.63. The minimum atomic E-state index is -2.48. The van der Waals surface area contributed by atoms with Gasteiger partial charge in [0.1, 0.15) is 5.75 Å². The Bertz CT molecular complexity index is 2090. The number of benzene rings is 4. The molecule has 4 aromatic rings. The number of hydrogen-bond donors (Lipinski definition) is 1. The van der Waals surface area contributed by atoms with Crippen molar-refractivity contribution in [3.63, 3.8) is 0 Å². The van der Waals surface area contributed by atoms with E-state index < -0.39 is 19.8 Å². The second kappa shape index (κ2) is 14.7. The Morgan fingerprint density at radius 2 is 1.64 bits per heavy atom. The maximum atomic E-state index is 15.2. The summed E-state index contributed by atoms with van der Waals surface area (Å²) in [5.41, 5.74) is 4.35. The summed E-state index contributed by atoms with van der Waals surface area (Å²) in [7, 11) is -0.820. The first-order chi connectivity index (χ1) is 26.6. The van der Waals surface area contributed by atoms with Gasteiger partial charge in [0, 0.05) is 36.7 Å². The van der Waals surface area contributed by atoms with Gasteiger partial charge in [-0.25, -0.2) is 0 Å². The Morgan fingerprint density at radius 1 is 0.927 bits per heavy atom. The second-order valence-electron chi connectivity index (χ2n) is 16.3. The molecule has 5 atom stereocenters. The molecule has 2 saturated heterocycles. The van der Waals surface area contributed by atoms with Crippen molar-refractivity contribution in [2.75, 3.05) is 30.1 Å². The molecule has 1 N–H and O–H groups in total. The number of hydrogen-bond acceptors (Lipinski definition) is 6. The van der Waals surface area contributed by atoms with Gasteiger partial charge in [-0.2, -0.15) is 0 Å². The molecule has 4 aromatic carbocycles. The van der Waals surface area contributed by atoms with E-state index in [0.717, 1.165) is 58.8 Å². The quantitative estimate of drug-likeness (QED) is 0.201. The Balaban J connectivity index is 1.14. The Kier molecular flexibility index (Phi) is 9.94. The largest absolute Gasteiger partial charge is 0.497 e. The summed E-state index contributed by atoms with van der Waals surface area (Å²) in [4.78, 5) is 47.9. The van der Waals surface area contributed by atoms with Crippen LogP contribution in [0.5, 0.6) is 5.75 Å². The molecule has 0 saturated carbocycles. The molecule has 0 radical (unpaired) electrons. The number of piperidine rings is 1. The fourth-order valence-corrected chi connectivity index (χ4v) is 14.0. The predicted molar refractivity (Wildman–Crippen MR) is 216 cm³/mol. The molecule has 10 heteroatoms. The third-order valence-electron chi connectivity index (χ3n) is 12.9. The van der Waals surface area contributed by atoms with E-state index in [0.29, 0.717) is 25.9 Å². The van der Waals surface area contributed by atoms with Crippen LogP contribution in [0.15, 0.2) is 97.1 Å². The van der Waals surface area contributed by atoms with Gasteiger partial charge in [-0.15, -0.1) is 0 Å². The molecule has 0 aliphatic carbocycles. The van der Waals surface area contributed by atoms with Gasteiger partial charge in [0.05, 0.1) is 52.6 Å². The molecule has 4 aliphatic heterocycles. The SMILES string of the molecule is COc1ccc([Si](C)(C)[C@H]2[C@H](CC(=O)N3Cc4ccccc4C[C@H]3CO)O[C@@]3(C(=O)N(Cc4ccc(N5CCCCC5=O)cc4)c4ccccc43)[C@@H]2C)cc1. The number of aliphatic hydroxyl groups is 1. The molecule has 286 valence electrons. The Hall–Kier alpha value is -4.77. The molecule has 55 heavy (non-hydrogen) atoms. The van der Waals surface area contributed by atoms with Gasteiger partial charge in [0.15, 0.2) is 5.60 Å². The number of methoxy groups -OCH3 is 1. The van der Waals surface area contributed by atoms with Crippen molar-refractivity contribution in [1.82, 2.24) is 4.90 Å². The van der Waals surface area contributed by atoms with E-state index in [1.165, 1.54) is 5.19 Å². The zero-order chi connectivity index (χ0) is 38.5. The van der Waals surface area contributed by atoms with Gasteiger partial charge in [0.25, 0.3) is 5.91 Å². The number of para-hydroxylation sites is 1. The molecule has 3 amide bonds. The number of anilines is 2. The predicted octanol–water partition coefficient (Wildman–Crippen LogP) is 6.31. The number of carbonyl (C=O) groups excluding carboxylic acids is 3. The lowest BCUT2D eigenvalue weighted by Crippen LogP contribution is -2.52. The minimum Gasteiger partial charge on any atom is -0.497 e. The second-order valence-corrected chi connectivity index (χ2v) is 21.0. The molecule has 4 heterocycles. The molecular weight excluding hydrogens is 707 g/mol. The van der Waals surface area contributed by atoms with Crippen LogP contribution in [0.1, 0.15) is 54.9 Å². The maximum absolute atomic E-state index is 15.2.